The Balaban J connectivity index is 0.00000280. The third kappa shape index (κ3) is 5.24. The van der Waals surface area contributed by atoms with Crippen LogP contribution in [0.3, 0.4) is 0 Å². The topological polar surface area (TPSA) is 77.7 Å². The van der Waals surface area contributed by atoms with Crippen molar-refractivity contribution in [3.05, 3.63) is 86.7 Å². The van der Waals surface area contributed by atoms with E-state index < -0.39 is 0 Å². The molecule has 0 aliphatic rings. The summed E-state index contributed by atoms with van der Waals surface area (Å²) in [5, 5.41) is 8.33. The fraction of sp³-hybridized carbons (Fsp3) is 0.105. The SMILES string of the molecule is Br.Cn1c(CSC(N)=N/N=C/c2ccccc2)c(Br)c(=O)n1-c1ccccc1. The number of halogens is 2. The molecule has 0 unspecified atom stereocenters. The van der Waals surface area contributed by atoms with Crippen LogP contribution in [0.25, 0.3) is 5.69 Å². The molecule has 0 amide bonds. The van der Waals surface area contributed by atoms with Crippen LogP contribution in [0, 0.1) is 0 Å². The second-order valence-electron chi connectivity index (χ2n) is 5.62. The van der Waals surface area contributed by atoms with Crippen molar-refractivity contribution in [3.63, 3.8) is 0 Å². The predicted octanol–water partition coefficient (Wildman–Crippen LogP) is 4.10. The van der Waals surface area contributed by atoms with E-state index in [9.17, 15) is 4.79 Å². The van der Waals surface area contributed by atoms with Crippen LogP contribution in [0.4, 0.5) is 0 Å². The highest BCUT2D eigenvalue weighted by atomic mass is 79.9. The fourth-order valence-corrected chi connectivity index (χ4v) is 3.97. The molecule has 0 atom stereocenters. The fourth-order valence-electron chi connectivity index (χ4n) is 2.49. The van der Waals surface area contributed by atoms with E-state index in [2.05, 4.69) is 26.1 Å². The number of hydrogen-bond donors (Lipinski definition) is 1. The van der Waals surface area contributed by atoms with Crippen LogP contribution in [0.15, 0.2) is 80.1 Å². The number of amidine groups is 1. The number of thioether (sulfide) groups is 1. The molecule has 2 N–H and O–H groups in total. The molecule has 0 spiro atoms. The lowest BCUT2D eigenvalue weighted by Crippen LogP contribution is -2.19. The van der Waals surface area contributed by atoms with Crippen LogP contribution in [0.5, 0.6) is 0 Å². The van der Waals surface area contributed by atoms with Crippen LogP contribution in [0.2, 0.25) is 0 Å². The summed E-state index contributed by atoms with van der Waals surface area (Å²) < 4.78 is 3.94. The van der Waals surface area contributed by atoms with Crippen molar-refractivity contribution >= 4 is 56.1 Å². The quantitative estimate of drug-likeness (QED) is 0.310. The number of hydrogen-bond acceptors (Lipinski definition) is 4. The summed E-state index contributed by atoms with van der Waals surface area (Å²) in [6, 6.07) is 19.1. The van der Waals surface area contributed by atoms with Gasteiger partial charge in [0.25, 0.3) is 5.56 Å². The molecule has 2 aromatic carbocycles. The summed E-state index contributed by atoms with van der Waals surface area (Å²) >= 11 is 4.73. The van der Waals surface area contributed by atoms with Crippen molar-refractivity contribution in [2.24, 2.45) is 23.0 Å². The Labute approximate surface area is 186 Å². The Morgan fingerprint density at radius 2 is 1.75 bits per heavy atom. The van der Waals surface area contributed by atoms with E-state index in [1.807, 2.05) is 72.4 Å². The Bertz CT molecular complexity index is 1030. The molecule has 28 heavy (non-hydrogen) atoms. The summed E-state index contributed by atoms with van der Waals surface area (Å²) in [6.07, 6.45) is 1.64. The van der Waals surface area contributed by atoms with E-state index in [-0.39, 0.29) is 22.5 Å². The maximum Gasteiger partial charge on any atom is 0.286 e. The van der Waals surface area contributed by atoms with Gasteiger partial charge in [0.15, 0.2) is 5.17 Å². The van der Waals surface area contributed by atoms with Gasteiger partial charge in [-0.2, -0.15) is 5.10 Å². The van der Waals surface area contributed by atoms with Gasteiger partial charge in [-0.05, 0) is 33.6 Å². The summed E-state index contributed by atoms with van der Waals surface area (Å²) in [4.78, 5) is 12.6. The first-order valence-electron chi connectivity index (χ1n) is 8.14. The summed E-state index contributed by atoms with van der Waals surface area (Å²) in [6.45, 7) is 0. The number of aromatic nitrogens is 2. The van der Waals surface area contributed by atoms with Crippen molar-refractivity contribution in [1.82, 2.24) is 9.36 Å². The van der Waals surface area contributed by atoms with Crippen molar-refractivity contribution < 1.29 is 0 Å². The van der Waals surface area contributed by atoms with E-state index in [0.29, 0.717) is 15.4 Å². The Hall–Kier alpha value is -2.10. The van der Waals surface area contributed by atoms with Crippen LogP contribution in [-0.4, -0.2) is 20.7 Å². The Morgan fingerprint density at radius 3 is 2.39 bits per heavy atom. The molecule has 1 heterocycles. The lowest BCUT2D eigenvalue weighted by atomic mass is 10.2. The molecular formula is C19H19Br2N5OS. The molecule has 0 saturated heterocycles. The molecular weight excluding hydrogens is 506 g/mol. The van der Waals surface area contributed by atoms with Crippen LogP contribution in [-0.2, 0) is 12.8 Å². The third-order valence-electron chi connectivity index (χ3n) is 3.84. The Morgan fingerprint density at radius 1 is 1.14 bits per heavy atom. The predicted molar refractivity (Wildman–Crippen MR) is 126 cm³/mol. The minimum absolute atomic E-state index is 0. The van der Waals surface area contributed by atoms with Gasteiger partial charge in [-0.25, -0.2) is 4.68 Å². The molecule has 1 aromatic heterocycles. The minimum atomic E-state index is -0.114. The minimum Gasteiger partial charge on any atom is -0.377 e. The second kappa shape index (κ2) is 10.4. The van der Waals surface area contributed by atoms with Crippen LogP contribution in [0.1, 0.15) is 11.3 Å². The van der Waals surface area contributed by atoms with Gasteiger partial charge in [0.2, 0.25) is 0 Å². The number of benzene rings is 2. The lowest BCUT2D eigenvalue weighted by Gasteiger charge is -2.09. The van der Waals surface area contributed by atoms with Crippen molar-refractivity contribution in [3.8, 4) is 5.69 Å². The smallest absolute Gasteiger partial charge is 0.286 e. The maximum absolute atomic E-state index is 12.6. The van der Waals surface area contributed by atoms with E-state index in [4.69, 9.17) is 5.73 Å². The van der Waals surface area contributed by atoms with Gasteiger partial charge in [0, 0.05) is 12.8 Å². The van der Waals surface area contributed by atoms with Gasteiger partial charge in [-0.15, -0.1) is 22.1 Å². The zero-order valence-electron chi connectivity index (χ0n) is 15.0. The van der Waals surface area contributed by atoms with Crippen LogP contribution >= 0.6 is 44.7 Å². The van der Waals surface area contributed by atoms with Crippen molar-refractivity contribution in [1.29, 1.82) is 0 Å². The molecule has 0 saturated carbocycles. The highest BCUT2D eigenvalue weighted by Gasteiger charge is 2.17. The summed E-state index contributed by atoms with van der Waals surface area (Å²) in [5.41, 5.74) is 8.39. The number of rotatable bonds is 5. The zero-order valence-corrected chi connectivity index (χ0v) is 19.1. The van der Waals surface area contributed by atoms with E-state index in [1.165, 1.54) is 11.8 Å². The highest BCUT2D eigenvalue weighted by Crippen LogP contribution is 2.21. The first-order valence-corrected chi connectivity index (χ1v) is 9.92. The molecule has 0 aliphatic carbocycles. The van der Waals surface area contributed by atoms with Gasteiger partial charge < -0.3 is 5.73 Å². The van der Waals surface area contributed by atoms with Crippen molar-refractivity contribution in [2.75, 3.05) is 0 Å². The largest absolute Gasteiger partial charge is 0.377 e. The molecule has 0 fully saturated rings. The van der Waals surface area contributed by atoms with Gasteiger partial charge in [0.1, 0.15) is 4.47 Å². The standard InChI is InChI=1S/C19H18BrN5OS.BrH/c1-24-16(17(20)18(26)25(24)15-10-6-3-7-11-15)13-27-19(21)23-22-12-14-8-4-2-5-9-14;/h2-12H,13H2,1H3,(H2,21,23);1H/b22-12+;. The monoisotopic (exact) mass is 523 g/mol. The average Bonchev–Trinajstić information content (AvgIpc) is 2.90. The highest BCUT2D eigenvalue weighted by molar-refractivity contribution is 9.10. The number of nitrogens with two attached hydrogens (primary N) is 1. The maximum atomic E-state index is 12.6. The number of para-hydroxylation sites is 1. The molecule has 3 rings (SSSR count). The second-order valence-corrected chi connectivity index (χ2v) is 7.41. The molecule has 6 nitrogen and oxygen atoms in total. The van der Waals surface area contributed by atoms with E-state index in [0.717, 1.165) is 16.9 Å². The van der Waals surface area contributed by atoms with Gasteiger partial charge in [-0.3, -0.25) is 9.48 Å². The summed E-state index contributed by atoms with van der Waals surface area (Å²) in [5.74, 6) is 0.488. The first kappa shape index (κ1) is 22.2. The normalized spacial score (nSPS) is 11.6. The average molecular weight is 525 g/mol. The number of nitrogens with zero attached hydrogens (tertiary/aromatic N) is 4. The Kier molecular flexibility index (Phi) is 8.28. The molecule has 0 bridgehead atoms. The van der Waals surface area contributed by atoms with Crippen LogP contribution < -0.4 is 11.3 Å². The van der Waals surface area contributed by atoms with Gasteiger partial charge in [0.05, 0.1) is 17.6 Å². The molecule has 0 aliphatic heterocycles. The van der Waals surface area contributed by atoms with Gasteiger partial charge in [-0.1, -0.05) is 60.3 Å². The van der Waals surface area contributed by atoms with Gasteiger partial charge >= 0.3 is 0 Å². The molecule has 3 aromatic rings. The zero-order chi connectivity index (χ0) is 19.2. The van der Waals surface area contributed by atoms with E-state index in [1.54, 1.807) is 10.9 Å². The molecule has 0 radical (unpaired) electrons. The summed E-state index contributed by atoms with van der Waals surface area (Å²) in [7, 11) is 1.84. The lowest BCUT2D eigenvalue weighted by molar-refractivity contribution is 0.628. The molecule has 146 valence electrons. The first-order chi connectivity index (χ1) is 13.1. The third-order valence-corrected chi connectivity index (χ3v) is 5.44. The molecule has 9 heteroatoms. The van der Waals surface area contributed by atoms with Crippen molar-refractivity contribution in [2.45, 2.75) is 5.75 Å². The van der Waals surface area contributed by atoms with E-state index >= 15 is 0 Å².